The molecule has 0 spiro atoms. The Morgan fingerprint density at radius 2 is 2.22 bits per heavy atom. The number of nitrogens with zero attached hydrogens (tertiary/aromatic N) is 2. The van der Waals surface area contributed by atoms with Gasteiger partial charge in [0.2, 0.25) is 0 Å². The van der Waals surface area contributed by atoms with E-state index in [1.807, 2.05) is 0 Å². The van der Waals surface area contributed by atoms with Gasteiger partial charge in [-0.1, -0.05) is 19.1 Å². The van der Waals surface area contributed by atoms with Crippen molar-refractivity contribution >= 4 is 11.6 Å². The standard InChI is InChI=1S/C18H24N4O/c1-2-6-17-20-11-14(23-17)12-21-18(19)22-16-10-5-8-13-7-3-4-9-15(13)16/h5,8,10-11H,2-4,6-7,9,12H2,1H3,(H3,19,21,22). The molecule has 0 atom stereocenters. The van der Waals surface area contributed by atoms with E-state index in [1.165, 1.54) is 24.0 Å². The summed E-state index contributed by atoms with van der Waals surface area (Å²) < 4.78 is 5.61. The highest BCUT2D eigenvalue weighted by Crippen LogP contribution is 2.27. The molecule has 3 rings (SSSR count). The van der Waals surface area contributed by atoms with Crippen molar-refractivity contribution in [2.45, 2.75) is 52.0 Å². The third-order valence-electron chi connectivity index (χ3n) is 4.13. The van der Waals surface area contributed by atoms with Crippen LogP contribution < -0.4 is 11.1 Å². The molecular weight excluding hydrogens is 288 g/mol. The van der Waals surface area contributed by atoms with E-state index >= 15 is 0 Å². The number of fused-ring (bicyclic) bond motifs is 1. The Morgan fingerprint density at radius 3 is 3.09 bits per heavy atom. The lowest BCUT2D eigenvalue weighted by Gasteiger charge is -2.19. The number of nitrogens with two attached hydrogens (primary N) is 1. The highest BCUT2D eigenvalue weighted by molar-refractivity contribution is 5.93. The number of benzene rings is 1. The largest absolute Gasteiger partial charge is 0.444 e. The zero-order valence-electron chi connectivity index (χ0n) is 13.6. The summed E-state index contributed by atoms with van der Waals surface area (Å²) in [5.74, 6) is 1.92. The van der Waals surface area contributed by atoms with E-state index in [0.29, 0.717) is 12.5 Å². The third-order valence-corrected chi connectivity index (χ3v) is 4.13. The lowest BCUT2D eigenvalue weighted by molar-refractivity contribution is 0.454. The van der Waals surface area contributed by atoms with Gasteiger partial charge in [-0.3, -0.25) is 0 Å². The monoisotopic (exact) mass is 312 g/mol. The first kappa shape index (κ1) is 15.6. The van der Waals surface area contributed by atoms with Crippen molar-refractivity contribution in [2.24, 2.45) is 10.7 Å². The molecule has 0 fully saturated rings. The Labute approximate surface area is 137 Å². The topological polar surface area (TPSA) is 76.4 Å². The zero-order chi connectivity index (χ0) is 16.1. The summed E-state index contributed by atoms with van der Waals surface area (Å²) in [7, 11) is 0. The van der Waals surface area contributed by atoms with Gasteiger partial charge in [0, 0.05) is 12.1 Å². The first-order valence-corrected chi connectivity index (χ1v) is 8.37. The van der Waals surface area contributed by atoms with Crippen molar-refractivity contribution in [1.82, 2.24) is 4.98 Å². The first-order chi connectivity index (χ1) is 11.3. The smallest absolute Gasteiger partial charge is 0.194 e. The molecule has 1 aliphatic rings. The number of hydrogen-bond acceptors (Lipinski definition) is 3. The van der Waals surface area contributed by atoms with Gasteiger partial charge in [0.1, 0.15) is 12.3 Å². The maximum Gasteiger partial charge on any atom is 0.194 e. The van der Waals surface area contributed by atoms with Gasteiger partial charge in [-0.15, -0.1) is 0 Å². The van der Waals surface area contributed by atoms with E-state index in [2.05, 4.69) is 40.4 Å². The maximum atomic E-state index is 6.03. The average Bonchev–Trinajstić information content (AvgIpc) is 3.01. The molecule has 0 saturated carbocycles. The molecule has 0 radical (unpaired) electrons. The molecule has 1 heterocycles. The van der Waals surface area contributed by atoms with E-state index in [9.17, 15) is 0 Å². The van der Waals surface area contributed by atoms with Gasteiger partial charge in [0.05, 0.1) is 6.20 Å². The fraction of sp³-hybridized carbons (Fsp3) is 0.444. The second-order valence-corrected chi connectivity index (χ2v) is 5.95. The molecule has 0 amide bonds. The molecule has 5 heteroatoms. The predicted molar refractivity (Wildman–Crippen MR) is 92.5 cm³/mol. The van der Waals surface area contributed by atoms with Gasteiger partial charge in [-0.25, -0.2) is 9.98 Å². The summed E-state index contributed by atoms with van der Waals surface area (Å²) in [6.45, 7) is 2.51. The minimum atomic E-state index is 0.407. The van der Waals surface area contributed by atoms with E-state index < -0.39 is 0 Å². The summed E-state index contributed by atoms with van der Waals surface area (Å²) in [5.41, 5.74) is 9.91. The van der Waals surface area contributed by atoms with E-state index in [1.54, 1.807) is 6.20 Å². The SMILES string of the molecule is CCCc1ncc(CN=C(N)Nc2cccc3c2CCCC3)o1. The highest BCUT2D eigenvalue weighted by atomic mass is 16.4. The van der Waals surface area contributed by atoms with Crippen LogP contribution in [-0.2, 0) is 25.8 Å². The molecule has 0 unspecified atom stereocenters. The van der Waals surface area contributed by atoms with Gasteiger partial charge in [-0.05, 0) is 49.3 Å². The summed E-state index contributed by atoms with van der Waals surface area (Å²) in [6, 6.07) is 6.35. The van der Waals surface area contributed by atoms with Gasteiger partial charge >= 0.3 is 0 Å². The molecule has 3 N–H and O–H groups in total. The van der Waals surface area contributed by atoms with Gasteiger partial charge in [0.25, 0.3) is 0 Å². The van der Waals surface area contributed by atoms with Crippen LogP contribution in [0.5, 0.6) is 0 Å². The molecule has 5 nitrogen and oxygen atoms in total. The number of aryl methyl sites for hydroxylation is 2. The Bertz CT molecular complexity index is 690. The van der Waals surface area contributed by atoms with Crippen LogP contribution in [0.1, 0.15) is 49.0 Å². The fourth-order valence-electron chi connectivity index (χ4n) is 2.99. The van der Waals surface area contributed by atoms with Crippen LogP contribution in [0.3, 0.4) is 0 Å². The van der Waals surface area contributed by atoms with Gasteiger partial charge < -0.3 is 15.5 Å². The molecule has 23 heavy (non-hydrogen) atoms. The van der Waals surface area contributed by atoms with Crippen molar-refractivity contribution in [3.63, 3.8) is 0 Å². The molecule has 0 bridgehead atoms. The number of anilines is 1. The number of oxazole rings is 1. The second kappa shape index (κ2) is 7.31. The first-order valence-electron chi connectivity index (χ1n) is 8.37. The average molecular weight is 312 g/mol. The van der Waals surface area contributed by atoms with Crippen LogP contribution in [0, 0.1) is 0 Å². The normalized spacial score (nSPS) is 14.6. The van der Waals surface area contributed by atoms with Gasteiger partial charge in [0.15, 0.2) is 11.9 Å². The number of hydrogen-bond donors (Lipinski definition) is 2. The maximum absolute atomic E-state index is 6.03. The van der Waals surface area contributed by atoms with Crippen molar-refractivity contribution in [3.8, 4) is 0 Å². The Morgan fingerprint density at radius 1 is 1.35 bits per heavy atom. The summed E-state index contributed by atoms with van der Waals surface area (Å²) >= 11 is 0. The molecule has 0 aliphatic heterocycles. The van der Waals surface area contributed by atoms with Crippen LogP contribution in [0.4, 0.5) is 5.69 Å². The van der Waals surface area contributed by atoms with E-state index in [-0.39, 0.29) is 0 Å². The number of nitrogens with one attached hydrogen (secondary N) is 1. The Hall–Kier alpha value is -2.30. The van der Waals surface area contributed by atoms with Crippen molar-refractivity contribution in [1.29, 1.82) is 0 Å². The van der Waals surface area contributed by atoms with Crippen LogP contribution in [-0.4, -0.2) is 10.9 Å². The highest BCUT2D eigenvalue weighted by Gasteiger charge is 2.13. The minimum absolute atomic E-state index is 0.407. The molecule has 1 aliphatic carbocycles. The van der Waals surface area contributed by atoms with E-state index in [0.717, 1.165) is 43.0 Å². The Kier molecular flexibility index (Phi) is 4.95. The second-order valence-electron chi connectivity index (χ2n) is 5.95. The molecule has 1 aromatic heterocycles. The molecular formula is C18H24N4O. The zero-order valence-corrected chi connectivity index (χ0v) is 13.6. The van der Waals surface area contributed by atoms with Crippen LogP contribution in [0.2, 0.25) is 0 Å². The number of rotatable bonds is 5. The minimum Gasteiger partial charge on any atom is -0.444 e. The molecule has 2 aromatic rings. The number of aliphatic imine (C=N–C) groups is 1. The quantitative estimate of drug-likeness (QED) is 0.655. The molecule has 1 aromatic carbocycles. The Balaban J connectivity index is 1.65. The summed E-state index contributed by atoms with van der Waals surface area (Å²) in [5, 5.41) is 3.24. The van der Waals surface area contributed by atoms with Crippen LogP contribution >= 0.6 is 0 Å². The van der Waals surface area contributed by atoms with Crippen LogP contribution in [0.15, 0.2) is 33.8 Å². The fourth-order valence-corrected chi connectivity index (χ4v) is 2.99. The third kappa shape index (κ3) is 3.92. The van der Waals surface area contributed by atoms with Crippen LogP contribution in [0.25, 0.3) is 0 Å². The van der Waals surface area contributed by atoms with E-state index in [4.69, 9.17) is 10.2 Å². The molecule has 0 saturated heterocycles. The number of guanidine groups is 1. The summed E-state index contributed by atoms with van der Waals surface area (Å²) in [6.07, 6.45) is 8.37. The lowest BCUT2D eigenvalue weighted by Crippen LogP contribution is -2.24. The van der Waals surface area contributed by atoms with Gasteiger partial charge in [-0.2, -0.15) is 0 Å². The van der Waals surface area contributed by atoms with Crippen molar-refractivity contribution in [3.05, 3.63) is 47.2 Å². The predicted octanol–water partition coefficient (Wildman–Crippen LogP) is 3.43. The molecule has 122 valence electrons. The van der Waals surface area contributed by atoms with Crippen molar-refractivity contribution < 1.29 is 4.42 Å². The van der Waals surface area contributed by atoms with Crippen molar-refractivity contribution in [2.75, 3.05) is 5.32 Å². The summed E-state index contributed by atoms with van der Waals surface area (Å²) in [4.78, 5) is 8.59. The lowest BCUT2D eigenvalue weighted by atomic mass is 9.90. The number of aromatic nitrogens is 1.